The number of benzene rings is 1. The van der Waals surface area contributed by atoms with Crippen LogP contribution in [-0.4, -0.2) is 17.6 Å². The summed E-state index contributed by atoms with van der Waals surface area (Å²) in [7, 11) is 0. The van der Waals surface area contributed by atoms with Crippen molar-refractivity contribution in [3.8, 4) is 0 Å². The standard InChI is InChI=1S/C13H18BrNO2/c1-9(2)5-4-8-15-11-7-3-6-10(14)12(11)13(16)17/h3,6-7,9,15H,4-5,8H2,1-2H3,(H,16,17). The van der Waals surface area contributed by atoms with Crippen molar-refractivity contribution in [2.24, 2.45) is 5.92 Å². The molecule has 0 atom stereocenters. The summed E-state index contributed by atoms with van der Waals surface area (Å²) in [6.07, 6.45) is 2.19. The number of halogens is 1. The molecule has 0 aromatic heterocycles. The molecule has 0 aliphatic carbocycles. The molecule has 0 saturated heterocycles. The normalized spacial score (nSPS) is 10.6. The summed E-state index contributed by atoms with van der Waals surface area (Å²) < 4.78 is 0.610. The summed E-state index contributed by atoms with van der Waals surface area (Å²) >= 11 is 3.26. The molecule has 94 valence electrons. The highest BCUT2D eigenvalue weighted by Gasteiger charge is 2.13. The van der Waals surface area contributed by atoms with Gasteiger partial charge in [-0.15, -0.1) is 0 Å². The second-order valence-electron chi connectivity index (χ2n) is 4.43. The highest BCUT2D eigenvalue weighted by Crippen LogP contribution is 2.24. The van der Waals surface area contributed by atoms with Crippen molar-refractivity contribution >= 4 is 27.6 Å². The van der Waals surface area contributed by atoms with Crippen LogP contribution in [-0.2, 0) is 0 Å². The summed E-state index contributed by atoms with van der Waals surface area (Å²) in [6.45, 7) is 5.17. The van der Waals surface area contributed by atoms with Gasteiger partial charge in [-0.05, 0) is 46.8 Å². The predicted octanol–water partition coefficient (Wildman–Crippen LogP) is 4.00. The van der Waals surface area contributed by atoms with Crippen molar-refractivity contribution in [1.82, 2.24) is 0 Å². The van der Waals surface area contributed by atoms with E-state index in [0.717, 1.165) is 19.4 Å². The molecule has 0 saturated carbocycles. The van der Waals surface area contributed by atoms with Crippen LogP contribution in [0.4, 0.5) is 5.69 Å². The highest BCUT2D eigenvalue weighted by molar-refractivity contribution is 9.10. The SMILES string of the molecule is CC(C)CCCNc1cccc(Br)c1C(=O)O. The number of hydrogen-bond acceptors (Lipinski definition) is 2. The molecule has 3 nitrogen and oxygen atoms in total. The van der Waals surface area contributed by atoms with E-state index < -0.39 is 5.97 Å². The van der Waals surface area contributed by atoms with E-state index in [1.807, 2.05) is 6.07 Å². The Morgan fingerprint density at radius 2 is 2.18 bits per heavy atom. The summed E-state index contributed by atoms with van der Waals surface area (Å²) in [6, 6.07) is 5.37. The fourth-order valence-electron chi connectivity index (χ4n) is 1.62. The molecule has 0 aliphatic heterocycles. The molecule has 4 heteroatoms. The van der Waals surface area contributed by atoms with Gasteiger partial charge in [0.05, 0.1) is 5.56 Å². The van der Waals surface area contributed by atoms with E-state index in [-0.39, 0.29) is 0 Å². The number of hydrogen-bond donors (Lipinski definition) is 2. The van der Waals surface area contributed by atoms with Gasteiger partial charge in [-0.25, -0.2) is 4.79 Å². The van der Waals surface area contributed by atoms with Crippen LogP contribution in [0.1, 0.15) is 37.0 Å². The lowest BCUT2D eigenvalue weighted by molar-refractivity contribution is 0.0697. The first kappa shape index (κ1) is 14.0. The number of anilines is 1. The molecule has 0 unspecified atom stereocenters. The van der Waals surface area contributed by atoms with Crippen LogP contribution in [0.15, 0.2) is 22.7 Å². The van der Waals surface area contributed by atoms with Crippen LogP contribution in [0, 0.1) is 5.92 Å². The first-order valence-corrected chi connectivity index (χ1v) is 6.57. The molecule has 0 amide bonds. The molecule has 17 heavy (non-hydrogen) atoms. The molecule has 0 fully saturated rings. The van der Waals surface area contributed by atoms with E-state index in [1.165, 1.54) is 0 Å². The van der Waals surface area contributed by atoms with E-state index in [1.54, 1.807) is 12.1 Å². The Kier molecular flexibility index (Phi) is 5.48. The third-order valence-corrected chi connectivity index (χ3v) is 3.16. The lowest BCUT2D eigenvalue weighted by atomic mass is 10.1. The Hall–Kier alpha value is -1.03. The van der Waals surface area contributed by atoms with Gasteiger partial charge in [0, 0.05) is 16.7 Å². The average molecular weight is 300 g/mol. The summed E-state index contributed by atoms with van der Waals surface area (Å²) in [5, 5.41) is 12.3. The van der Waals surface area contributed by atoms with Crippen molar-refractivity contribution in [3.05, 3.63) is 28.2 Å². The Morgan fingerprint density at radius 3 is 2.76 bits per heavy atom. The molecule has 1 aromatic carbocycles. The van der Waals surface area contributed by atoms with Crippen molar-refractivity contribution in [3.63, 3.8) is 0 Å². The van der Waals surface area contributed by atoms with Crippen molar-refractivity contribution in [2.45, 2.75) is 26.7 Å². The first-order valence-electron chi connectivity index (χ1n) is 5.78. The van der Waals surface area contributed by atoms with Crippen molar-refractivity contribution in [1.29, 1.82) is 0 Å². The van der Waals surface area contributed by atoms with Gasteiger partial charge in [-0.2, -0.15) is 0 Å². The number of carbonyl (C=O) groups is 1. The zero-order chi connectivity index (χ0) is 12.8. The Bertz CT molecular complexity index is 391. The topological polar surface area (TPSA) is 49.3 Å². The van der Waals surface area contributed by atoms with Gasteiger partial charge < -0.3 is 10.4 Å². The maximum absolute atomic E-state index is 11.1. The second-order valence-corrected chi connectivity index (χ2v) is 5.28. The number of aromatic carboxylic acids is 1. The molecule has 0 heterocycles. The van der Waals surface area contributed by atoms with Crippen LogP contribution in [0.3, 0.4) is 0 Å². The van der Waals surface area contributed by atoms with Crippen LogP contribution in [0.2, 0.25) is 0 Å². The fraction of sp³-hybridized carbons (Fsp3) is 0.462. The molecular weight excluding hydrogens is 282 g/mol. The van der Waals surface area contributed by atoms with Crippen molar-refractivity contribution in [2.75, 3.05) is 11.9 Å². The van der Waals surface area contributed by atoms with Crippen LogP contribution < -0.4 is 5.32 Å². The zero-order valence-corrected chi connectivity index (χ0v) is 11.8. The van der Waals surface area contributed by atoms with Gasteiger partial charge in [-0.1, -0.05) is 19.9 Å². The molecule has 1 aromatic rings. The van der Waals surface area contributed by atoms with E-state index in [2.05, 4.69) is 35.1 Å². The van der Waals surface area contributed by atoms with Gasteiger partial charge >= 0.3 is 5.97 Å². The third kappa shape index (κ3) is 4.38. The smallest absolute Gasteiger partial charge is 0.338 e. The summed E-state index contributed by atoms with van der Waals surface area (Å²) in [5.41, 5.74) is 0.979. The molecule has 2 N–H and O–H groups in total. The maximum atomic E-state index is 11.1. The van der Waals surface area contributed by atoms with Gasteiger partial charge in [0.2, 0.25) is 0 Å². The lowest BCUT2D eigenvalue weighted by Gasteiger charge is -2.11. The van der Waals surface area contributed by atoms with Gasteiger partial charge in [0.15, 0.2) is 0 Å². The summed E-state index contributed by atoms with van der Waals surface area (Å²) in [5.74, 6) is -0.234. The highest BCUT2D eigenvalue weighted by atomic mass is 79.9. The molecule has 0 radical (unpaired) electrons. The number of carboxylic acid groups (broad SMARTS) is 1. The average Bonchev–Trinajstić information content (AvgIpc) is 2.23. The Labute approximate surface area is 110 Å². The monoisotopic (exact) mass is 299 g/mol. The van der Waals surface area contributed by atoms with Gasteiger partial charge in [0.25, 0.3) is 0 Å². The van der Waals surface area contributed by atoms with E-state index in [9.17, 15) is 4.79 Å². The maximum Gasteiger partial charge on any atom is 0.338 e. The Balaban J connectivity index is 2.64. The number of rotatable bonds is 6. The third-order valence-electron chi connectivity index (χ3n) is 2.50. The molecule has 1 rings (SSSR count). The quantitative estimate of drug-likeness (QED) is 0.781. The van der Waals surface area contributed by atoms with Gasteiger partial charge in [-0.3, -0.25) is 0 Å². The fourth-order valence-corrected chi connectivity index (χ4v) is 2.16. The van der Waals surface area contributed by atoms with E-state index >= 15 is 0 Å². The lowest BCUT2D eigenvalue weighted by Crippen LogP contribution is -2.09. The number of nitrogens with one attached hydrogen (secondary N) is 1. The van der Waals surface area contributed by atoms with Crippen LogP contribution >= 0.6 is 15.9 Å². The largest absolute Gasteiger partial charge is 0.478 e. The minimum absolute atomic E-state index is 0.303. The summed E-state index contributed by atoms with van der Waals surface area (Å²) in [4.78, 5) is 11.1. The predicted molar refractivity (Wildman–Crippen MR) is 73.7 cm³/mol. The van der Waals surface area contributed by atoms with Crippen LogP contribution in [0.5, 0.6) is 0 Å². The van der Waals surface area contributed by atoms with Crippen molar-refractivity contribution < 1.29 is 9.90 Å². The number of carboxylic acids is 1. The van der Waals surface area contributed by atoms with Gasteiger partial charge in [0.1, 0.15) is 0 Å². The zero-order valence-electron chi connectivity index (χ0n) is 10.2. The van der Waals surface area contributed by atoms with E-state index in [4.69, 9.17) is 5.11 Å². The molecular formula is C13H18BrNO2. The minimum Gasteiger partial charge on any atom is -0.478 e. The molecule has 0 bridgehead atoms. The first-order chi connectivity index (χ1) is 8.02. The van der Waals surface area contributed by atoms with E-state index in [0.29, 0.717) is 21.6 Å². The van der Waals surface area contributed by atoms with Crippen LogP contribution in [0.25, 0.3) is 0 Å². The Morgan fingerprint density at radius 1 is 1.47 bits per heavy atom. The molecule has 0 aliphatic rings. The molecule has 0 spiro atoms. The minimum atomic E-state index is -0.913. The second kappa shape index (κ2) is 6.64.